The highest BCUT2D eigenvalue weighted by atomic mass is 16.5. The van der Waals surface area contributed by atoms with Gasteiger partial charge in [-0.15, -0.1) is 0 Å². The molecule has 1 aromatic carbocycles. The molecule has 2 aromatic rings. The van der Waals surface area contributed by atoms with Crippen molar-refractivity contribution in [2.24, 2.45) is 0 Å². The van der Waals surface area contributed by atoms with Gasteiger partial charge in [-0.05, 0) is 25.1 Å². The molecular formula is C16H18N2O5. The van der Waals surface area contributed by atoms with Crippen LogP contribution in [-0.4, -0.2) is 51.5 Å². The van der Waals surface area contributed by atoms with Gasteiger partial charge in [0.25, 0.3) is 0 Å². The molecule has 7 heteroatoms. The Kier molecular flexibility index (Phi) is 4.31. The van der Waals surface area contributed by atoms with Gasteiger partial charge in [0.05, 0.1) is 11.3 Å². The predicted molar refractivity (Wildman–Crippen MR) is 80.3 cm³/mol. The summed E-state index contributed by atoms with van der Waals surface area (Å²) >= 11 is 0. The number of hydrogen-bond donors (Lipinski definition) is 2. The van der Waals surface area contributed by atoms with E-state index in [2.05, 4.69) is 5.16 Å². The van der Waals surface area contributed by atoms with Gasteiger partial charge in [-0.2, -0.15) is 0 Å². The normalized spacial score (nSPS) is 21.5. The van der Waals surface area contributed by atoms with Crippen LogP contribution in [0, 0.1) is 6.92 Å². The van der Waals surface area contributed by atoms with Gasteiger partial charge in [0.2, 0.25) is 0 Å². The Bertz CT molecular complexity index is 699. The molecule has 7 nitrogen and oxygen atoms in total. The number of rotatable bonds is 5. The fourth-order valence-corrected chi connectivity index (χ4v) is 2.68. The molecule has 122 valence electrons. The standard InChI is InChI=1S/C16H18N2O5/c1-10-5-12(17-23-10)7-18-8-14(19)15(9-18)22-13-4-2-3-11(6-13)16(20)21/h2-6,14-15,19H,7-9H2,1H3,(H,20,21)/t14-,15-/m1/s1. The highest BCUT2D eigenvalue weighted by Crippen LogP contribution is 2.21. The minimum absolute atomic E-state index is 0.157. The molecule has 1 saturated heterocycles. The van der Waals surface area contributed by atoms with Crippen LogP contribution in [0.25, 0.3) is 0 Å². The van der Waals surface area contributed by atoms with Crippen LogP contribution in [0.4, 0.5) is 0 Å². The van der Waals surface area contributed by atoms with Crippen molar-refractivity contribution in [2.45, 2.75) is 25.7 Å². The van der Waals surface area contributed by atoms with Crippen LogP contribution in [0.5, 0.6) is 5.75 Å². The number of aliphatic hydroxyl groups excluding tert-OH is 1. The summed E-state index contributed by atoms with van der Waals surface area (Å²) in [6.07, 6.45) is -1.05. The van der Waals surface area contributed by atoms with Gasteiger partial charge in [0.1, 0.15) is 23.7 Å². The molecule has 23 heavy (non-hydrogen) atoms. The van der Waals surface area contributed by atoms with Gasteiger partial charge in [-0.3, -0.25) is 4.90 Å². The summed E-state index contributed by atoms with van der Waals surface area (Å²) in [6.45, 7) is 3.40. The van der Waals surface area contributed by atoms with E-state index in [4.69, 9.17) is 14.4 Å². The molecule has 1 aliphatic heterocycles. The molecule has 2 heterocycles. The monoisotopic (exact) mass is 318 g/mol. The summed E-state index contributed by atoms with van der Waals surface area (Å²) in [4.78, 5) is 13.0. The van der Waals surface area contributed by atoms with Crippen molar-refractivity contribution in [1.29, 1.82) is 0 Å². The first-order valence-corrected chi connectivity index (χ1v) is 7.34. The Hall–Kier alpha value is -2.38. The Morgan fingerprint density at radius 2 is 2.26 bits per heavy atom. The van der Waals surface area contributed by atoms with Crippen molar-refractivity contribution >= 4 is 5.97 Å². The Balaban J connectivity index is 1.62. The summed E-state index contributed by atoms with van der Waals surface area (Å²) in [5.74, 6) is 0.177. The zero-order valence-corrected chi connectivity index (χ0v) is 12.7. The van der Waals surface area contributed by atoms with Gasteiger partial charge in [0, 0.05) is 25.7 Å². The molecule has 1 aliphatic rings. The molecule has 3 rings (SSSR count). The van der Waals surface area contributed by atoms with Gasteiger partial charge < -0.3 is 19.5 Å². The first kappa shape index (κ1) is 15.5. The topological polar surface area (TPSA) is 96.0 Å². The summed E-state index contributed by atoms with van der Waals surface area (Å²) in [5.41, 5.74) is 0.966. The van der Waals surface area contributed by atoms with E-state index in [9.17, 15) is 9.90 Å². The maximum absolute atomic E-state index is 11.0. The SMILES string of the molecule is Cc1cc(CN2C[C@@H](O)[C@H](Oc3cccc(C(=O)O)c3)C2)no1. The molecule has 1 fully saturated rings. The van der Waals surface area contributed by atoms with E-state index in [-0.39, 0.29) is 5.56 Å². The number of benzene rings is 1. The number of carboxylic acids is 1. The van der Waals surface area contributed by atoms with Gasteiger partial charge >= 0.3 is 5.97 Å². The largest absolute Gasteiger partial charge is 0.486 e. The lowest BCUT2D eigenvalue weighted by Gasteiger charge is -2.17. The second kappa shape index (κ2) is 6.39. The van der Waals surface area contributed by atoms with Crippen LogP contribution in [0.2, 0.25) is 0 Å². The van der Waals surface area contributed by atoms with E-state index < -0.39 is 18.2 Å². The molecule has 1 aromatic heterocycles. The molecule has 0 radical (unpaired) electrons. The average Bonchev–Trinajstić information content (AvgIpc) is 3.06. The maximum Gasteiger partial charge on any atom is 0.335 e. The number of likely N-dealkylation sites (tertiary alicyclic amines) is 1. The molecule has 0 bridgehead atoms. The number of aromatic carboxylic acids is 1. The lowest BCUT2D eigenvalue weighted by atomic mass is 10.2. The lowest BCUT2D eigenvalue weighted by molar-refractivity contribution is 0.0688. The van der Waals surface area contributed by atoms with E-state index in [1.165, 1.54) is 12.1 Å². The Morgan fingerprint density at radius 3 is 2.96 bits per heavy atom. The minimum atomic E-state index is -1.01. The molecule has 0 unspecified atom stereocenters. The van der Waals surface area contributed by atoms with Crippen molar-refractivity contribution in [3.63, 3.8) is 0 Å². The third-order valence-corrected chi connectivity index (χ3v) is 3.74. The van der Waals surface area contributed by atoms with Gasteiger partial charge in [-0.1, -0.05) is 11.2 Å². The van der Waals surface area contributed by atoms with E-state index in [0.29, 0.717) is 25.4 Å². The molecule has 0 amide bonds. The van der Waals surface area contributed by atoms with Crippen molar-refractivity contribution in [1.82, 2.24) is 10.1 Å². The summed E-state index contributed by atoms with van der Waals surface area (Å²) < 4.78 is 10.8. The highest BCUT2D eigenvalue weighted by Gasteiger charge is 2.33. The van der Waals surface area contributed by atoms with E-state index in [1.54, 1.807) is 12.1 Å². The predicted octanol–water partition coefficient (Wildman–Crippen LogP) is 1.31. The van der Waals surface area contributed by atoms with Crippen LogP contribution >= 0.6 is 0 Å². The third kappa shape index (κ3) is 3.69. The summed E-state index contributed by atoms with van der Waals surface area (Å²) in [5, 5.41) is 23.1. The van der Waals surface area contributed by atoms with Crippen LogP contribution in [-0.2, 0) is 6.54 Å². The minimum Gasteiger partial charge on any atom is -0.486 e. The maximum atomic E-state index is 11.0. The number of carboxylic acid groups (broad SMARTS) is 1. The van der Waals surface area contributed by atoms with Crippen molar-refractivity contribution in [2.75, 3.05) is 13.1 Å². The van der Waals surface area contributed by atoms with E-state index >= 15 is 0 Å². The number of aromatic nitrogens is 1. The zero-order chi connectivity index (χ0) is 16.4. The number of aliphatic hydroxyl groups is 1. The number of carbonyl (C=O) groups is 1. The van der Waals surface area contributed by atoms with Crippen LogP contribution in [0.3, 0.4) is 0 Å². The zero-order valence-electron chi connectivity index (χ0n) is 12.7. The van der Waals surface area contributed by atoms with Crippen LogP contribution in [0.15, 0.2) is 34.9 Å². The van der Waals surface area contributed by atoms with Crippen molar-refractivity contribution in [3.8, 4) is 5.75 Å². The summed E-state index contributed by atoms with van der Waals surface area (Å²) in [7, 11) is 0. The first-order valence-electron chi connectivity index (χ1n) is 7.34. The third-order valence-electron chi connectivity index (χ3n) is 3.74. The van der Waals surface area contributed by atoms with Crippen molar-refractivity contribution < 1.29 is 24.3 Å². The fraction of sp³-hybridized carbons (Fsp3) is 0.375. The number of aryl methyl sites for hydroxylation is 1. The first-order chi connectivity index (χ1) is 11.0. The van der Waals surface area contributed by atoms with Gasteiger partial charge in [-0.25, -0.2) is 4.79 Å². The number of nitrogens with zero attached hydrogens (tertiary/aromatic N) is 2. The molecular weight excluding hydrogens is 300 g/mol. The van der Waals surface area contributed by atoms with E-state index in [1.807, 2.05) is 17.9 Å². The smallest absolute Gasteiger partial charge is 0.335 e. The summed E-state index contributed by atoms with van der Waals surface area (Å²) in [6, 6.07) is 8.12. The van der Waals surface area contributed by atoms with Crippen LogP contribution in [0.1, 0.15) is 21.8 Å². The Morgan fingerprint density at radius 1 is 1.43 bits per heavy atom. The number of ether oxygens (including phenoxy) is 1. The second-order valence-corrected chi connectivity index (χ2v) is 5.68. The quantitative estimate of drug-likeness (QED) is 0.858. The average molecular weight is 318 g/mol. The lowest BCUT2D eigenvalue weighted by Crippen LogP contribution is -2.30. The fourth-order valence-electron chi connectivity index (χ4n) is 2.68. The van der Waals surface area contributed by atoms with Crippen LogP contribution < -0.4 is 4.74 Å². The van der Waals surface area contributed by atoms with Gasteiger partial charge in [0.15, 0.2) is 0 Å². The highest BCUT2D eigenvalue weighted by molar-refractivity contribution is 5.88. The number of β-amino-alcohol motifs (C(OH)–C–C–N with tert-alkyl or cyclic N) is 1. The number of hydrogen-bond acceptors (Lipinski definition) is 6. The second-order valence-electron chi connectivity index (χ2n) is 5.68. The molecule has 2 N–H and O–H groups in total. The van der Waals surface area contributed by atoms with E-state index in [0.717, 1.165) is 11.5 Å². The molecule has 0 aliphatic carbocycles. The van der Waals surface area contributed by atoms with Crippen molar-refractivity contribution in [3.05, 3.63) is 47.3 Å². The molecule has 2 atom stereocenters. The molecule has 0 saturated carbocycles. The molecule has 0 spiro atoms. The Labute approximate surface area is 133 Å².